The average Bonchev–Trinajstić information content (AvgIpc) is 2.83. The van der Waals surface area contributed by atoms with Gasteiger partial charge in [-0.15, -0.1) is 0 Å². The summed E-state index contributed by atoms with van der Waals surface area (Å²) in [5.74, 6) is -0.209. The van der Waals surface area contributed by atoms with Crippen molar-refractivity contribution in [2.24, 2.45) is 5.73 Å². The normalized spacial score (nSPS) is 18.8. The molecule has 1 atom stereocenters. The second-order valence-corrected chi connectivity index (χ2v) is 9.08. The minimum atomic E-state index is -0.209. The van der Waals surface area contributed by atoms with Gasteiger partial charge in [0.15, 0.2) is 0 Å². The lowest BCUT2D eigenvalue weighted by Gasteiger charge is -2.36. The average molecular weight is 445 g/mol. The molecule has 3 aromatic rings. The fourth-order valence-corrected chi connectivity index (χ4v) is 5.18. The molecule has 0 bridgehead atoms. The number of para-hydroxylation sites is 1. The maximum atomic E-state index is 11.0. The van der Waals surface area contributed by atoms with Gasteiger partial charge in [0.05, 0.1) is 11.2 Å². The van der Waals surface area contributed by atoms with Crippen molar-refractivity contribution in [1.29, 1.82) is 0 Å². The smallest absolute Gasteiger partial charge is 0.302 e. The SMILES string of the molecule is CC(=O)OCCN1CCN(c2ccc(-c3c4c(nc5ccccc35)C(N)CCC4)cc2)CC1. The molecule has 6 heteroatoms. The van der Waals surface area contributed by atoms with E-state index >= 15 is 0 Å². The number of carbonyl (C=O) groups excluding carboxylic acids is 1. The van der Waals surface area contributed by atoms with Crippen LogP contribution in [0, 0.1) is 0 Å². The number of pyridine rings is 1. The predicted octanol–water partition coefficient (Wildman–Crippen LogP) is 3.92. The van der Waals surface area contributed by atoms with Crippen LogP contribution >= 0.6 is 0 Å². The maximum absolute atomic E-state index is 11.0. The molecule has 1 aliphatic heterocycles. The van der Waals surface area contributed by atoms with Gasteiger partial charge in [0, 0.05) is 56.8 Å². The van der Waals surface area contributed by atoms with Crippen molar-refractivity contribution in [2.75, 3.05) is 44.2 Å². The first-order chi connectivity index (χ1) is 16.1. The number of esters is 1. The summed E-state index contributed by atoms with van der Waals surface area (Å²) in [5.41, 5.74) is 13.7. The lowest BCUT2D eigenvalue weighted by atomic mass is 9.85. The molecule has 1 fully saturated rings. The monoisotopic (exact) mass is 444 g/mol. The summed E-state index contributed by atoms with van der Waals surface area (Å²) in [7, 11) is 0. The van der Waals surface area contributed by atoms with Crippen LogP contribution in [0.5, 0.6) is 0 Å². The third-order valence-corrected chi connectivity index (χ3v) is 6.92. The fourth-order valence-electron chi connectivity index (χ4n) is 5.18. The van der Waals surface area contributed by atoms with Gasteiger partial charge in [0.2, 0.25) is 0 Å². The lowest BCUT2D eigenvalue weighted by molar-refractivity contribution is -0.141. The van der Waals surface area contributed by atoms with Crippen LogP contribution in [-0.2, 0) is 16.0 Å². The van der Waals surface area contributed by atoms with Gasteiger partial charge >= 0.3 is 5.97 Å². The Balaban J connectivity index is 1.36. The minimum Gasteiger partial charge on any atom is -0.465 e. The van der Waals surface area contributed by atoms with Crippen LogP contribution in [0.1, 0.15) is 37.1 Å². The molecule has 2 aliphatic rings. The minimum absolute atomic E-state index is 0.0218. The molecule has 1 aromatic heterocycles. The Labute approximate surface area is 195 Å². The van der Waals surface area contributed by atoms with E-state index in [0.717, 1.165) is 63.2 Å². The summed E-state index contributed by atoms with van der Waals surface area (Å²) in [6, 6.07) is 17.4. The van der Waals surface area contributed by atoms with E-state index in [4.69, 9.17) is 15.5 Å². The number of hydrogen-bond acceptors (Lipinski definition) is 6. The zero-order valence-electron chi connectivity index (χ0n) is 19.3. The summed E-state index contributed by atoms with van der Waals surface area (Å²) in [4.78, 5) is 20.7. The number of fused-ring (bicyclic) bond motifs is 2. The predicted molar refractivity (Wildman–Crippen MR) is 132 cm³/mol. The van der Waals surface area contributed by atoms with Crippen molar-refractivity contribution in [3.63, 3.8) is 0 Å². The number of piperazine rings is 1. The zero-order valence-corrected chi connectivity index (χ0v) is 19.3. The first-order valence-corrected chi connectivity index (χ1v) is 12.0. The van der Waals surface area contributed by atoms with Crippen LogP contribution in [0.15, 0.2) is 48.5 Å². The molecule has 0 amide bonds. The molecule has 0 saturated carbocycles. The zero-order chi connectivity index (χ0) is 22.8. The van der Waals surface area contributed by atoms with Crippen molar-refractivity contribution in [1.82, 2.24) is 9.88 Å². The van der Waals surface area contributed by atoms with Gasteiger partial charge < -0.3 is 15.4 Å². The molecule has 1 saturated heterocycles. The number of anilines is 1. The van der Waals surface area contributed by atoms with Gasteiger partial charge in [-0.3, -0.25) is 14.7 Å². The number of ether oxygens (including phenoxy) is 1. The summed E-state index contributed by atoms with van der Waals surface area (Å²) >= 11 is 0. The quantitative estimate of drug-likeness (QED) is 0.602. The van der Waals surface area contributed by atoms with Crippen LogP contribution in [0.2, 0.25) is 0 Å². The molecule has 0 spiro atoms. The highest BCUT2D eigenvalue weighted by Gasteiger charge is 2.24. The van der Waals surface area contributed by atoms with E-state index in [1.54, 1.807) is 0 Å². The molecule has 33 heavy (non-hydrogen) atoms. The molecular weight excluding hydrogens is 412 g/mol. The van der Waals surface area contributed by atoms with E-state index in [1.165, 1.54) is 34.7 Å². The van der Waals surface area contributed by atoms with Crippen molar-refractivity contribution in [2.45, 2.75) is 32.2 Å². The van der Waals surface area contributed by atoms with Gasteiger partial charge in [0.25, 0.3) is 0 Å². The van der Waals surface area contributed by atoms with Crippen LogP contribution < -0.4 is 10.6 Å². The highest BCUT2D eigenvalue weighted by molar-refractivity contribution is 5.97. The van der Waals surface area contributed by atoms with Crippen molar-refractivity contribution >= 4 is 22.6 Å². The van der Waals surface area contributed by atoms with Crippen molar-refractivity contribution in [3.05, 3.63) is 59.8 Å². The Hall–Kier alpha value is -2.96. The molecule has 0 radical (unpaired) electrons. The number of rotatable bonds is 5. The van der Waals surface area contributed by atoms with Gasteiger partial charge in [-0.1, -0.05) is 30.3 Å². The van der Waals surface area contributed by atoms with Crippen LogP contribution in [0.4, 0.5) is 5.69 Å². The number of nitrogens with zero attached hydrogens (tertiary/aromatic N) is 3. The second kappa shape index (κ2) is 9.49. The summed E-state index contributed by atoms with van der Waals surface area (Å²) in [5, 5.41) is 1.21. The van der Waals surface area contributed by atoms with E-state index in [9.17, 15) is 4.79 Å². The number of hydrogen-bond donors (Lipinski definition) is 1. The van der Waals surface area contributed by atoms with Gasteiger partial charge in [-0.25, -0.2) is 0 Å². The third-order valence-electron chi connectivity index (χ3n) is 6.92. The van der Waals surface area contributed by atoms with Gasteiger partial charge in [-0.05, 0) is 54.2 Å². The summed E-state index contributed by atoms with van der Waals surface area (Å²) in [6.07, 6.45) is 3.15. The molecule has 2 aromatic carbocycles. The standard InChI is InChI=1S/C27H32N4O2/c1-19(32)33-18-17-30-13-15-31(16-14-30)21-11-9-20(10-12-21)26-22-5-2-3-8-25(22)29-27-23(26)6-4-7-24(27)28/h2-3,5,8-12,24H,4,6-7,13-18,28H2,1H3. The number of aromatic nitrogens is 1. The Kier molecular flexibility index (Phi) is 6.29. The van der Waals surface area contributed by atoms with Crippen molar-refractivity contribution < 1.29 is 9.53 Å². The Morgan fingerprint density at radius 1 is 1.09 bits per heavy atom. The molecule has 172 valence electrons. The number of nitrogens with two attached hydrogens (primary N) is 1. The molecule has 6 nitrogen and oxygen atoms in total. The first kappa shape index (κ1) is 21.9. The van der Waals surface area contributed by atoms with E-state index in [2.05, 4.69) is 58.3 Å². The maximum Gasteiger partial charge on any atom is 0.302 e. The van der Waals surface area contributed by atoms with Crippen LogP contribution in [0.25, 0.3) is 22.0 Å². The van der Waals surface area contributed by atoms with Gasteiger partial charge in [-0.2, -0.15) is 0 Å². The second-order valence-electron chi connectivity index (χ2n) is 9.08. The fraction of sp³-hybridized carbons (Fsp3) is 0.407. The highest BCUT2D eigenvalue weighted by atomic mass is 16.5. The molecule has 5 rings (SSSR count). The van der Waals surface area contributed by atoms with Crippen LogP contribution in [0.3, 0.4) is 0 Å². The Bertz CT molecular complexity index is 1140. The van der Waals surface area contributed by atoms with Crippen molar-refractivity contribution in [3.8, 4) is 11.1 Å². The Morgan fingerprint density at radius 2 is 1.85 bits per heavy atom. The van der Waals surface area contributed by atoms with Gasteiger partial charge in [0.1, 0.15) is 6.61 Å². The molecule has 1 aliphatic carbocycles. The number of carbonyl (C=O) groups is 1. The molecule has 1 unspecified atom stereocenters. The molecule has 2 N–H and O–H groups in total. The molecule has 2 heterocycles. The number of benzene rings is 2. The van der Waals surface area contributed by atoms with Crippen LogP contribution in [-0.4, -0.2) is 55.2 Å². The first-order valence-electron chi connectivity index (χ1n) is 12.0. The molecular formula is C27H32N4O2. The highest BCUT2D eigenvalue weighted by Crippen LogP contribution is 2.39. The van der Waals surface area contributed by atoms with E-state index < -0.39 is 0 Å². The largest absolute Gasteiger partial charge is 0.465 e. The Morgan fingerprint density at radius 3 is 2.61 bits per heavy atom. The van der Waals surface area contributed by atoms with E-state index in [0.29, 0.717) is 6.61 Å². The van der Waals surface area contributed by atoms with E-state index in [1.807, 2.05) is 0 Å². The topological polar surface area (TPSA) is 71.7 Å². The lowest BCUT2D eigenvalue weighted by Crippen LogP contribution is -2.47. The summed E-state index contributed by atoms with van der Waals surface area (Å²) in [6.45, 7) is 6.63. The summed E-state index contributed by atoms with van der Waals surface area (Å²) < 4.78 is 5.08. The third kappa shape index (κ3) is 4.59. The van der Waals surface area contributed by atoms with E-state index in [-0.39, 0.29) is 12.0 Å².